The Balaban J connectivity index is 1.63. The maximum Gasteiger partial charge on any atom is 0.332 e. The monoisotopic (exact) mass is 700 g/mol. The number of sulfonamides is 1. The largest absolute Gasteiger partial charge is 0.458 e. The molecule has 12 nitrogen and oxygen atoms in total. The van der Waals surface area contributed by atoms with Crippen LogP contribution in [0.25, 0.3) is 10.9 Å². The van der Waals surface area contributed by atoms with Gasteiger partial charge < -0.3 is 14.2 Å². The average molecular weight is 701 g/mol. The van der Waals surface area contributed by atoms with Gasteiger partial charge >= 0.3 is 5.97 Å². The van der Waals surface area contributed by atoms with E-state index >= 15 is 0 Å². The summed E-state index contributed by atoms with van der Waals surface area (Å²) >= 11 is 2.11. The summed E-state index contributed by atoms with van der Waals surface area (Å²) in [4.78, 5) is 22.5. The van der Waals surface area contributed by atoms with E-state index in [1.165, 1.54) is 18.2 Å². The highest BCUT2D eigenvalue weighted by Gasteiger charge is 2.32. The van der Waals surface area contributed by atoms with Crippen molar-refractivity contribution >= 4 is 60.9 Å². The lowest BCUT2D eigenvalue weighted by Gasteiger charge is -2.25. The average Bonchev–Trinajstić information content (AvgIpc) is 3.25. The minimum atomic E-state index is -4.36. The number of nitro groups is 1. The topological polar surface area (TPSA) is 143 Å². The molecule has 0 saturated carbocycles. The third-order valence-corrected chi connectivity index (χ3v) is 8.95. The number of carbonyl (C=O) groups excluding carboxylic acids is 1. The molecule has 3 aromatic rings. The van der Waals surface area contributed by atoms with Gasteiger partial charge in [0.25, 0.3) is 15.7 Å². The Kier molecular flexibility index (Phi) is 9.87. The molecule has 2 heterocycles. The molecular weight excluding hydrogens is 667 g/mol. The van der Waals surface area contributed by atoms with E-state index < -0.39 is 37.1 Å². The number of benzene rings is 2. The summed E-state index contributed by atoms with van der Waals surface area (Å²) in [6.45, 7) is 5.64. The van der Waals surface area contributed by atoms with E-state index in [0.29, 0.717) is 16.0 Å². The molecule has 14 heteroatoms. The summed E-state index contributed by atoms with van der Waals surface area (Å²) in [5.74, 6) is -0.527. The maximum absolute atomic E-state index is 13.9. The summed E-state index contributed by atoms with van der Waals surface area (Å²) in [7, 11) is -4.36. The number of aromatic nitrogens is 2. The first-order chi connectivity index (χ1) is 19.4. The number of ether oxygens (including phenoxy) is 3. The number of hydrogen-bond acceptors (Lipinski definition) is 9. The second-order valence-electron chi connectivity index (χ2n) is 10.6. The van der Waals surface area contributed by atoms with Crippen LogP contribution >= 0.6 is 22.6 Å². The fraction of sp³-hybridized carbons (Fsp3) is 0.481. The molecule has 2 aromatic carbocycles. The molecule has 0 N–H and O–H groups in total. The molecule has 4 rings (SSSR count). The molecule has 1 saturated heterocycles. The van der Waals surface area contributed by atoms with Gasteiger partial charge in [0, 0.05) is 31.2 Å². The van der Waals surface area contributed by atoms with E-state index in [1.807, 2.05) is 4.68 Å². The third-order valence-electron chi connectivity index (χ3n) is 6.28. The van der Waals surface area contributed by atoms with Crippen molar-refractivity contribution in [2.45, 2.75) is 63.2 Å². The van der Waals surface area contributed by atoms with Gasteiger partial charge in [0.15, 0.2) is 11.1 Å². The van der Waals surface area contributed by atoms with Crippen molar-refractivity contribution < 1.29 is 32.3 Å². The molecule has 0 amide bonds. The van der Waals surface area contributed by atoms with Crippen molar-refractivity contribution in [1.29, 1.82) is 0 Å². The number of carbonyl (C=O) groups is 1. The molecule has 1 fully saturated rings. The molecule has 0 radical (unpaired) electrons. The highest BCUT2D eigenvalue weighted by atomic mass is 127. The zero-order valence-corrected chi connectivity index (χ0v) is 26.1. The maximum atomic E-state index is 13.9. The van der Waals surface area contributed by atoms with Crippen LogP contribution in [-0.2, 0) is 29.0 Å². The summed E-state index contributed by atoms with van der Waals surface area (Å²) in [5, 5.41) is 17.1. The van der Waals surface area contributed by atoms with Crippen LogP contribution in [0.3, 0.4) is 0 Å². The number of anilines is 1. The van der Waals surface area contributed by atoms with Crippen LogP contribution in [0, 0.1) is 13.8 Å². The Morgan fingerprint density at radius 2 is 2.00 bits per heavy atom. The first-order valence-corrected chi connectivity index (χ1v) is 15.8. The smallest absolute Gasteiger partial charge is 0.332 e. The normalized spacial score (nSPS) is 16.0. The number of halogens is 1. The molecule has 41 heavy (non-hydrogen) atoms. The van der Waals surface area contributed by atoms with Gasteiger partial charge in [-0.05, 0) is 93.3 Å². The first kappa shape index (κ1) is 31.1. The van der Waals surface area contributed by atoms with Gasteiger partial charge in [-0.2, -0.15) is 5.10 Å². The van der Waals surface area contributed by atoms with Crippen molar-refractivity contribution in [3.63, 3.8) is 0 Å². The van der Waals surface area contributed by atoms with Crippen molar-refractivity contribution in [1.82, 2.24) is 9.78 Å². The van der Waals surface area contributed by atoms with Gasteiger partial charge in [0.05, 0.1) is 16.1 Å². The van der Waals surface area contributed by atoms with Crippen LogP contribution in [-0.4, -0.2) is 61.1 Å². The highest BCUT2D eigenvalue weighted by Crippen LogP contribution is 2.34. The van der Waals surface area contributed by atoms with Crippen LogP contribution in [0.15, 0.2) is 47.4 Å². The van der Waals surface area contributed by atoms with Crippen molar-refractivity contribution in [3.8, 4) is 0 Å². The molecule has 1 aliphatic rings. The van der Waals surface area contributed by atoms with Gasteiger partial charge in [0.1, 0.15) is 15.9 Å². The molecule has 222 valence electrons. The molecular formula is C27H33IN4O8S. The Labute approximate surface area is 252 Å². The Bertz CT molecular complexity index is 1510. The summed E-state index contributed by atoms with van der Waals surface area (Å²) < 4.78 is 48.1. The van der Waals surface area contributed by atoms with Crippen LogP contribution in [0.1, 0.15) is 52.7 Å². The zero-order chi connectivity index (χ0) is 29.8. The van der Waals surface area contributed by atoms with Crippen molar-refractivity contribution in [3.05, 3.63) is 56.3 Å². The first-order valence-electron chi connectivity index (χ1n) is 13.2. The lowest BCUT2D eigenvalue weighted by atomic mass is 10.2. The fourth-order valence-electron chi connectivity index (χ4n) is 4.55. The summed E-state index contributed by atoms with van der Waals surface area (Å²) in [6.07, 6.45) is 2.87. The number of nitro benzene ring substituents is 1. The van der Waals surface area contributed by atoms with Crippen molar-refractivity contribution in [2.75, 3.05) is 30.7 Å². The standard InChI is InChI=1S/C27H33IN4O8S/c1-27(2,3)40-25(33)18-38-15-8-14-30(41(36,37)23-10-5-4-9-22(23)32(34)35)19-12-13-21-20(17-19)26(28)29-31(21)24-11-6-7-16-39-24/h4-5,9-10,12-13,17,24H,6-8,11,14-16,18H2,1-3H3. The number of rotatable bonds is 11. The van der Waals surface area contributed by atoms with Gasteiger partial charge in [-0.1, -0.05) is 12.1 Å². The minimum Gasteiger partial charge on any atom is -0.458 e. The Hall–Kier alpha value is -2.82. The number of nitrogens with zero attached hydrogens (tertiary/aromatic N) is 4. The van der Waals surface area contributed by atoms with Gasteiger partial charge in [-0.3, -0.25) is 14.4 Å². The molecule has 0 spiro atoms. The van der Waals surface area contributed by atoms with E-state index in [9.17, 15) is 23.3 Å². The molecule has 0 aliphatic carbocycles. The quantitative estimate of drug-likeness (QED) is 0.0868. The number of fused-ring (bicyclic) bond motifs is 1. The number of para-hydroxylation sites is 1. The molecule has 0 bridgehead atoms. The Morgan fingerprint density at radius 1 is 1.24 bits per heavy atom. The lowest BCUT2D eigenvalue weighted by molar-refractivity contribution is -0.387. The fourth-order valence-corrected chi connectivity index (χ4v) is 6.87. The van der Waals surface area contributed by atoms with E-state index in [4.69, 9.17) is 14.2 Å². The van der Waals surface area contributed by atoms with Crippen LogP contribution < -0.4 is 4.31 Å². The van der Waals surface area contributed by atoms with Crippen LogP contribution in [0.2, 0.25) is 0 Å². The SMILES string of the molecule is CC(C)(C)OC(=O)COCCCN(c1ccc2c(c1)c(I)nn2C1CCCCO1)S(=O)(=O)c1ccccc1[N+](=O)[O-]. The summed E-state index contributed by atoms with van der Waals surface area (Å²) in [5.41, 5.74) is -0.0433. The second-order valence-corrected chi connectivity index (χ2v) is 13.4. The Morgan fingerprint density at radius 3 is 2.68 bits per heavy atom. The summed E-state index contributed by atoms with van der Waals surface area (Å²) in [6, 6.07) is 10.4. The van der Waals surface area contributed by atoms with Gasteiger partial charge in [-0.25, -0.2) is 17.9 Å². The predicted molar refractivity (Wildman–Crippen MR) is 160 cm³/mol. The molecule has 1 aromatic heterocycles. The van der Waals surface area contributed by atoms with E-state index in [-0.39, 0.29) is 32.4 Å². The van der Waals surface area contributed by atoms with Crippen LogP contribution in [0.4, 0.5) is 11.4 Å². The second kappa shape index (κ2) is 13.0. The van der Waals surface area contributed by atoms with Crippen LogP contribution in [0.5, 0.6) is 0 Å². The van der Waals surface area contributed by atoms with Gasteiger partial charge in [-0.15, -0.1) is 0 Å². The molecule has 1 aliphatic heterocycles. The number of hydrogen-bond donors (Lipinski definition) is 0. The highest BCUT2D eigenvalue weighted by molar-refractivity contribution is 14.1. The molecule has 1 unspecified atom stereocenters. The van der Waals surface area contributed by atoms with Gasteiger partial charge in [0.2, 0.25) is 0 Å². The lowest BCUT2D eigenvalue weighted by Crippen LogP contribution is -2.33. The zero-order valence-electron chi connectivity index (χ0n) is 23.1. The predicted octanol–water partition coefficient (Wildman–Crippen LogP) is 5.19. The minimum absolute atomic E-state index is 0.0509. The van der Waals surface area contributed by atoms with E-state index in [0.717, 1.165) is 40.5 Å². The van der Waals surface area contributed by atoms with E-state index in [2.05, 4.69) is 27.7 Å². The van der Waals surface area contributed by atoms with Crippen molar-refractivity contribution in [2.24, 2.45) is 0 Å². The third kappa shape index (κ3) is 7.53. The molecule has 1 atom stereocenters. The number of esters is 1. The van der Waals surface area contributed by atoms with E-state index in [1.54, 1.807) is 39.0 Å².